The predicted octanol–water partition coefficient (Wildman–Crippen LogP) is 7.58. The summed E-state index contributed by atoms with van der Waals surface area (Å²) in [6.45, 7) is 4.23. The second kappa shape index (κ2) is 6.63. The molecule has 0 aliphatic carbocycles. The Labute approximate surface area is 191 Å². The molecule has 7 aromatic rings. The molecular formula is C30H21N3. The molecule has 0 saturated heterocycles. The highest BCUT2D eigenvalue weighted by atomic mass is 14.9. The lowest BCUT2D eigenvalue weighted by Gasteiger charge is -2.10. The van der Waals surface area contributed by atoms with Gasteiger partial charge in [0.25, 0.3) is 0 Å². The molecule has 0 radical (unpaired) electrons. The van der Waals surface area contributed by atoms with Crippen LogP contribution < -0.4 is 0 Å². The monoisotopic (exact) mass is 423 g/mol. The number of rotatable bonds is 2. The summed E-state index contributed by atoms with van der Waals surface area (Å²) in [5, 5.41) is 5.09. The summed E-state index contributed by atoms with van der Waals surface area (Å²) in [5.74, 6) is 0. The first-order valence-corrected chi connectivity index (χ1v) is 11.3. The number of nitrogens with zero attached hydrogens (tertiary/aromatic N) is 3. The van der Waals surface area contributed by atoms with E-state index in [2.05, 4.69) is 85.0 Å². The van der Waals surface area contributed by atoms with Crippen LogP contribution in [0.4, 0.5) is 0 Å². The Bertz CT molecular complexity index is 1840. The summed E-state index contributed by atoms with van der Waals surface area (Å²) in [6.07, 6.45) is 3.79. The molecule has 0 spiro atoms. The van der Waals surface area contributed by atoms with E-state index >= 15 is 0 Å². The van der Waals surface area contributed by atoms with Gasteiger partial charge in [0.05, 0.1) is 27.9 Å². The fourth-order valence-corrected chi connectivity index (χ4v) is 5.28. The largest absolute Gasteiger partial charge is 0.308 e. The van der Waals surface area contributed by atoms with E-state index in [4.69, 9.17) is 9.97 Å². The lowest BCUT2D eigenvalue weighted by atomic mass is 9.97. The normalized spacial score (nSPS) is 11.9. The van der Waals surface area contributed by atoms with Gasteiger partial charge >= 0.3 is 0 Å². The van der Waals surface area contributed by atoms with Gasteiger partial charge in [-0.15, -0.1) is 0 Å². The van der Waals surface area contributed by atoms with Gasteiger partial charge in [0.1, 0.15) is 0 Å². The molecule has 0 saturated carbocycles. The third kappa shape index (κ3) is 2.56. The highest BCUT2D eigenvalue weighted by Crippen LogP contribution is 2.43. The van der Waals surface area contributed by atoms with Gasteiger partial charge in [-0.25, -0.2) is 0 Å². The number of aromatic nitrogens is 3. The first-order valence-electron chi connectivity index (χ1n) is 11.3. The molecule has 0 N–H and O–H groups in total. The van der Waals surface area contributed by atoms with Crippen LogP contribution in [0.2, 0.25) is 0 Å². The minimum Gasteiger partial charge on any atom is -0.308 e. The topological polar surface area (TPSA) is 30.2 Å². The fourth-order valence-electron chi connectivity index (χ4n) is 5.28. The number of aryl methyl sites for hydroxylation is 2. The fraction of sp³-hybridized carbons (Fsp3) is 0.0667. The smallest absolute Gasteiger partial charge is 0.0711 e. The molecule has 7 rings (SSSR count). The van der Waals surface area contributed by atoms with Crippen LogP contribution in [0.3, 0.4) is 0 Å². The third-order valence-electron chi connectivity index (χ3n) is 6.73. The Morgan fingerprint density at radius 2 is 1.30 bits per heavy atom. The molecule has 4 heterocycles. The van der Waals surface area contributed by atoms with Crippen molar-refractivity contribution in [1.29, 1.82) is 0 Å². The molecule has 3 nitrogen and oxygen atoms in total. The zero-order valence-corrected chi connectivity index (χ0v) is 18.5. The second-order valence-corrected chi connectivity index (χ2v) is 8.91. The molecule has 0 aliphatic rings. The summed E-state index contributed by atoms with van der Waals surface area (Å²) in [7, 11) is 0. The van der Waals surface area contributed by atoms with E-state index in [9.17, 15) is 0 Å². The molecule has 0 bridgehead atoms. The molecular weight excluding hydrogens is 402 g/mol. The van der Waals surface area contributed by atoms with Gasteiger partial charge in [0.2, 0.25) is 0 Å². The van der Waals surface area contributed by atoms with Crippen LogP contribution in [-0.4, -0.2) is 14.4 Å². The van der Waals surface area contributed by atoms with E-state index in [0.29, 0.717) is 0 Å². The molecule has 3 heteroatoms. The van der Waals surface area contributed by atoms with Gasteiger partial charge in [0, 0.05) is 45.1 Å². The van der Waals surface area contributed by atoms with Crippen LogP contribution in [-0.2, 0) is 0 Å². The van der Waals surface area contributed by atoms with Crippen LogP contribution in [0.15, 0.2) is 91.3 Å². The van der Waals surface area contributed by atoms with Gasteiger partial charge < -0.3 is 4.40 Å². The van der Waals surface area contributed by atoms with Crippen LogP contribution >= 0.6 is 0 Å². The minimum atomic E-state index is 0.982. The van der Waals surface area contributed by atoms with Crippen molar-refractivity contribution in [2.24, 2.45) is 0 Å². The molecule has 0 unspecified atom stereocenters. The van der Waals surface area contributed by atoms with Crippen molar-refractivity contribution in [2.45, 2.75) is 13.8 Å². The van der Waals surface area contributed by atoms with E-state index in [0.717, 1.165) is 22.5 Å². The van der Waals surface area contributed by atoms with Gasteiger partial charge in [-0.3, -0.25) is 9.97 Å². The third-order valence-corrected chi connectivity index (χ3v) is 6.73. The summed E-state index contributed by atoms with van der Waals surface area (Å²) in [5.41, 5.74) is 10.3. The molecule has 0 atom stereocenters. The Balaban J connectivity index is 1.72. The van der Waals surface area contributed by atoms with Crippen molar-refractivity contribution in [3.63, 3.8) is 0 Å². The van der Waals surface area contributed by atoms with Crippen molar-refractivity contribution >= 4 is 38.1 Å². The van der Waals surface area contributed by atoms with Gasteiger partial charge in [0.15, 0.2) is 0 Å². The summed E-state index contributed by atoms with van der Waals surface area (Å²) in [6, 6.07) is 28.3. The summed E-state index contributed by atoms with van der Waals surface area (Å²) < 4.78 is 2.42. The van der Waals surface area contributed by atoms with Crippen molar-refractivity contribution < 1.29 is 0 Å². The Hall–Kier alpha value is -4.24. The van der Waals surface area contributed by atoms with E-state index in [1.54, 1.807) is 0 Å². The molecule has 0 amide bonds. The maximum absolute atomic E-state index is 4.78. The Morgan fingerprint density at radius 1 is 0.606 bits per heavy atom. The minimum absolute atomic E-state index is 0.982. The lowest BCUT2D eigenvalue weighted by molar-refractivity contribution is 1.28. The number of hydrogen-bond donors (Lipinski definition) is 0. The molecule has 33 heavy (non-hydrogen) atoms. The van der Waals surface area contributed by atoms with Crippen molar-refractivity contribution in [1.82, 2.24) is 14.4 Å². The van der Waals surface area contributed by atoms with Gasteiger partial charge in [-0.1, -0.05) is 36.4 Å². The first kappa shape index (κ1) is 18.3. The SMILES string of the molecule is Cc1ccnc(-c2cc(-c3cc(C)ccn3)c3c4cccc5c6ccccc6n(c3c2)c54)c1. The summed E-state index contributed by atoms with van der Waals surface area (Å²) >= 11 is 0. The summed E-state index contributed by atoms with van der Waals surface area (Å²) in [4.78, 5) is 9.49. The lowest BCUT2D eigenvalue weighted by Crippen LogP contribution is -1.91. The highest BCUT2D eigenvalue weighted by Gasteiger charge is 2.21. The number of fused-ring (bicyclic) bond motifs is 6. The predicted molar refractivity (Wildman–Crippen MR) is 137 cm³/mol. The maximum atomic E-state index is 4.78. The standard InChI is InChI=1S/C30H21N3/c1-18-10-12-31-25(14-18)20-16-24(26-15-19(2)11-13-32-26)29-23-8-5-7-22-21-6-3-4-9-27(21)33(30(22)23)28(29)17-20/h3-17H,1-2H3. The van der Waals surface area contributed by atoms with Crippen LogP contribution in [0.1, 0.15) is 11.1 Å². The van der Waals surface area contributed by atoms with E-state index in [-0.39, 0.29) is 0 Å². The Kier molecular flexibility index (Phi) is 3.68. The molecule has 0 aliphatic heterocycles. The van der Waals surface area contributed by atoms with Crippen LogP contribution in [0, 0.1) is 13.8 Å². The van der Waals surface area contributed by atoms with E-state index < -0.39 is 0 Å². The first-order chi connectivity index (χ1) is 16.2. The average molecular weight is 424 g/mol. The Morgan fingerprint density at radius 3 is 2.12 bits per heavy atom. The van der Waals surface area contributed by atoms with Crippen molar-refractivity contribution in [2.75, 3.05) is 0 Å². The van der Waals surface area contributed by atoms with E-state index in [1.807, 2.05) is 24.5 Å². The molecule has 4 aromatic heterocycles. The van der Waals surface area contributed by atoms with Crippen LogP contribution in [0.25, 0.3) is 60.6 Å². The number of pyridine rings is 2. The zero-order valence-electron chi connectivity index (χ0n) is 18.5. The molecule has 0 fully saturated rings. The average Bonchev–Trinajstić information content (AvgIpc) is 3.36. The molecule has 3 aromatic carbocycles. The van der Waals surface area contributed by atoms with E-state index in [1.165, 1.54) is 49.2 Å². The van der Waals surface area contributed by atoms with Crippen molar-refractivity contribution in [3.8, 4) is 22.5 Å². The number of hydrogen-bond acceptors (Lipinski definition) is 2. The zero-order chi connectivity index (χ0) is 22.1. The second-order valence-electron chi connectivity index (χ2n) is 8.91. The van der Waals surface area contributed by atoms with Gasteiger partial charge in [-0.2, -0.15) is 0 Å². The van der Waals surface area contributed by atoms with Gasteiger partial charge in [-0.05, 0) is 67.4 Å². The quantitative estimate of drug-likeness (QED) is 0.287. The maximum Gasteiger partial charge on any atom is 0.0711 e. The number of benzene rings is 3. The highest BCUT2D eigenvalue weighted by molar-refractivity contribution is 6.26. The number of para-hydroxylation sites is 2. The molecule has 156 valence electrons. The van der Waals surface area contributed by atoms with Crippen LogP contribution in [0.5, 0.6) is 0 Å². The van der Waals surface area contributed by atoms with Crippen molar-refractivity contribution in [3.05, 3.63) is 102 Å².